The molecule has 0 N–H and O–H groups in total. The van der Waals surface area contributed by atoms with Crippen LogP contribution >= 0.6 is 43.5 Å². The number of benzene rings is 2. The van der Waals surface area contributed by atoms with Crippen molar-refractivity contribution in [2.75, 3.05) is 7.11 Å². The fraction of sp³-hybridized carbons (Fsp3) is 0.150. The maximum absolute atomic E-state index is 12.4. The van der Waals surface area contributed by atoms with Crippen molar-refractivity contribution in [1.29, 1.82) is 0 Å². The van der Waals surface area contributed by atoms with Crippen LogP contribution < -0.4 is 9.47 Å². The van der Waals surface area contributed by atoms with Crippen LogP contribution in [0.25, 0.3) is 6.08 Å². The van der Waals surface area contributed by atoms with Crippen molar-refractivity contribution < 1.29 is 23.8 Å². The van der Waals surface area contributed by atoms with E-state index < -0.39 is 11.9 Å². The number of halogens is 3. The van der Waals surface area contributed by atoms with Gasteiger partial charge in [0, 0.05) is 21.5 Å². The zero-order valence-corrected chi connectivity index (χ0v) is 19.2. The van der Waals surface area contributed by atoms with Crippen LogP contribution in [0.5, 0.6) is 11.5 Å². The fourth-order valence-electron chi connectivity index (χ4n) is 2.50. The number of esters is 2. The van der Waals surface area contributed by atoms with Crippen molar-refractivity contribution in [1.82, 2.24) is 0 Å². The largest absolute Gasteiger partial charge is 0.496 e. The lowest BCUT2D eigenvalue weighted by Crippen LogP contribution is -2.08. The van der Waals surface area contributed by atoms with Crippen molar-refractivity contribution in [3.8, 4) is 11.5 Å². The summed E-state index contributed by atoms with van der Waals surface area (Å²) in [7, 11) is 1.49. The molecule has 0 saturated heterocycles. The van der Waals surface area contributed by atoms with Crippen molar-refractivity contribution in [2.45, 2.75) is 13.3 Å². The normalized spacial score (nSPS) is 14.6. The average Bonchev–Trinajstić information content (AvgIpc) is 3.04. The van der Waals surface area contributed by atoms with Crippen LogP contribution in [0.15, 0.2) is 50.0 Å². The van der Waals surface area contributed by atoms with Gasteiger partial charge in [0.15, 0.2) is 11.4 Å². The second-order valence-corrected chi connectivity index (χ2v) is 8.02. The first-order chi connectivity index (χ1) is 13.8. The van der Waals surface area contributed by atoms with E-state index in [-0.39, 0.29) is 23.8 Å². The molecule has 0 amide bonds. The summed E-state index contributed by atoms with van der Waals surface area (Å²) in [4.78, 5) is 28.5. The van der Waals surface area contributed by atoms with E-state index >= 15 is 0 Å². The number of carbonyl (C=O) groups is 2. The molecule has 0 saturated carbocycles. The summed E-state index contributed by atoms with van der Waals surface area (Å²) in [6, 6.07) is 8.35. The first-order valence-corrected chi connectivity index (χ1v) is 10.3. The third kappa shape index (κ3) is 4.88. The summed E-state index contributed by atoms with van der Waals surface area (Å²) < 4.78 is 17.3. The van der Waals surface area contributed by atoms with Gasteiger partial charge in [0.1, 0.15) is 5.75 Å². The van der Waals surface area contributed by atoms with E-state index in [4.69, 9.17) is 25.8 Å². The molecule has 1 heterocycles. The molecule has 0 fully saturated rings. The lowest BCUT2D eigenvalue weighted by Gasteiger charge is -2.10. The Morgan fingerprint density at radius 1 is 1.28 bits per heavy atom. The summed E-state index contributed by atoms with van der Waals surface area (Å²) in [6.07, 6.45) is 1.69. The quantitative estimate of drug-likeness (QED) is 0.282. The fourth-order valence-corrected chi connectivity index (χ4v) is 4.01. The van der Waals surface area contributed by atoms with Gasteiger partial charge in [-0.05, 0) is 52.3 Å². The minimum absolute atomic E-state index is 0.0424. The van der Waals surface area contributed by atoms with Crippen LogP contribution in [0.1, 0.15) is 24.5 Å². The molecule has 2 aromatic rings. The smallest absolute Gasteiger partial charge is 0.363 e. The molecule has 9 heteroatoms. The Labute approximate surface area is 188 Å². The number of cyclic esters (lactones) is 1. The summed E-state index contributed by atoms with van der Waals surface area (Å²) >= 11 is 12.8. The molecule has 2 aromatic carbocycles. The molecule has 1 aliphatic rings. The highest BCUT2D eigenvalue weighted by molar-refractivity contribution is 9.11. The first-order valence-electron chi connectivity index (χ1n) is 8.38. The summed E-state index contributed by atoms with van der Waals surface area (Å²) in [6.45, 7) is 1.69. The number of methoxy groups -OCH3 is 1. The molecule has 0 unspecified atom stereocenters. The molecule has 0 aromatic heterocycles. The molecule has 150 valence electrons. The predicted molar refractivity (Wildman–Crippen MR) is 116 cm³/mol. The maximum atomic E-state index is 12.4. The number of hydrogen-bond donors (Lipinski definition) is 0. The van der Waals surface area contributed by atoms with Crippen LogP contribution in [0.4, 0.5) is 0 Å². The van der Waals surface area contributed by atoms with Gasteiger partial charge in [-0.1, -0.05) is 34.5 Å². The van der Waals surface area contributed by atoms with Gasteiger partial charge in [0.05, 0.1) is 17.1 Å². The summed E-state index contributed by atoms with van der Waals surface area (Å²) in [5, 5.41) is 0.446. The van der Waals surface area contributed by atoms with Gasteiger partial charge >= 0.3 is 11.9 Å². The van der Waals surface area contributed by atoms with Crippen molar-refractivity contribution in [3.05, 3.63) is 61.1 Å². The SMILES string of the molecule is CCC(=O)Oc1c(Br)cc(Br)cc1/C=C1\N=C(c2cc(Cl)ccc2OC)OC1=O. The monoisotopic (exact) mass is 541 g/mol. The van der Waals surface area contributed by atoms with Gasteiger partial charge in [-0.2, -0.15) is 0 Å². The molecule has 0 bridgehead atoms. The van der Waals surface area contributed by atoms with Crippen LogP contribution in [0.3, 0.4) is 0 Å². The lowest BCUT2D eigenvalue weighted by molar-refractivity contribution is -0.134. The molecule has 0 spiro atoms. The van der Waals surface area contributed by atoms with Gasteiger partial charge in [-0.15, -0.1) is 0 Å². The summed E-state index contributed by atoms with van der Waals surface area (Å²) in [5.74, 6) is -0.239. The van der Waals surface area contributed by atoms with Crippen LogP contribution in [-0.2, 0) is 14.3 Å². The summed E-state index contributed by atoms with van der Waals surface area (Å²) in [5.41, 5.74) is 0.966. The highest BCUT2D eigenvalue weighted by Crippen LogP contribution is 2.36. The Morgan fingerprint density at radius 3 is 2.72 bits per heavy atom. The third-order valence-electron chi connectivity index (χ3n) is 3.85. The Bertz CT molecular complexity index is 1070. The second-order valence-electron chi connectivity index (χ2n) is 5.81. The van der Waals surface area contributed by atoms with Crippen molar-refractivity contribution in [3.63, 3.8) is 0 Å². The van der Waals surface area contributed by atoms with Gasteiger partial charge in [0.25, 0.3) is 0 Å². The number of ether oxygens (including phenoxy) is 3. The third-order valence-corrected chi connectivity index (χ3v) is 5.13. The van der Waals surface area contributed by atoms with Crippen LogP contribution in [-0.4, -0.2) is 24.9 Å². The number of rotatable bonds is 5. The van der Waals surface area contributed by atoms with E-state index in [9.17, 15) is 9.59 Å². The van der Waals surface area contributed by atoms with Crippen molar-refractivity contribution >= 4 is 67.4 Å². The van der Waals surface area contributed by atoms with Crippen LogP contribution in [0, 0.1) is 0 Å². The maximum Gasteiger partial charge on any atom is 0.363 e. The molecule has 3 rings (SSSR count). The Kier molecular flexibility index (Phi) is 6.77. The van der Waals surface area contributed by atoms with E-state index in [1.54, 1.807) is 37.3 Å². The second kappa shape index (κ2) is 9.11. The van der Waals surface area contributed by atoms with E-state index in [1.807, 2.05) is 0 Å². The zero-order valence-electron chi connectivity index (χ0n) is 15.3. The molecule has 6 nitrogen and oxygen atoms in total. The van der Waals surface area contributed by atoms with E-state index in [2.05, 4.69) is 36.9 Å². The zero-order chi connectivity index (χ0) is 21.1. The van der Waals surface area contributed by atoms with E-state index in [1.165, 1.54) is 13.2 Å². The Morgan fingerprint density at radius 2 is 2.03 bits per heavy atom. The first kappa shape index (κ1) is 21.5. The van der Waals surface area contributed by atoms with Crippen molar-refractivity contribution in [2.24, 2.45) is 4.99 Å². The minimum atomic E-state index is -0.647. The molecule has 1 aliphatic heterocycles. The standard InChI is InChI=1S/C20H14Br2ClNO5/c1-3-17(25)28-18-10(6-11(21)8-14(18)22)7-15-20(26)29-19(24-15)13-9-12(23)4-5-16(13)27-2/h4-9H,3H2,1-2H3/b15-7-. The van der Waals surface area contributed by atoms with Gasteiger partial charge in [-0.3, -0.25) is 4.79 Å². The molecule has 0 atom stereocenters. The predicted octanol–water partition coefficient (Wildman–Crippen LogP) is 5.53. The molecule has 0 aliphatic carbocycles. The average molecular weight is 544 g/mol. The Balaban J connectivity index is 2.06. The molecule has 29 heavy (non-hydrogen) atoms. The number of nitrogens with zero attached hydrogens (tertiary/aromatic N) is 1. The molecular formula is C20H14Br2ClNO5. The van der Waals surface area contributed by atoms with Gasteiger partial charge < -0.3 is 14.2 Å². The molecule has 0 radical (unpaired) electrons. The van der Waals surface area contributed by atoms with Gasteiger partial charge in [-0.25, -0.2) is 9.79 Å². The van der Waals surface area contributed by atoms with Crippen LogP contribution in [0.2, 0.25) is 5.02 Å². The topological polar surface area (TPSA) is 74.2 Å². The number of carbonyl (C=O) groups excluding carboxylic acids is 2. The number of aliphatic imine (C=N–C) groups is 1. The molecular weight excluding hydrogens is 529 g/mol. The number of hydrogen-bond acceptors (Lipinski definition) is 6. The minimum Gasteiger partial charge on any atom is -0.496 e. The van der Waals surface area contributed by atoms with E-state index in [0.29, 0.717) is 26.4 Å². The van der Waals surface area contributed by atoms with Gasteiger partial charge in [0.2, 0.25) is 5.90 Å². The van der Waals surface area contributed by atoms with E-state index in [0.717, 1.165) is 4.47 Å². The lowest BCUT2D eigenvalue weighted by atomic mass is 10.1. The highest BCUT2D eigenvalue weighted by atomic mass is 79.9. The highest BCUT2D eigenvalue weighted by Gasteiger charge is 2.27. The Hall–Kier alpha value is -2.16.